The van der Waals surface area contributed by atoms with Gasteiger partial charge in [0.1, 0.15) is 18.9 Å². The third-order valence-corrected chi connectivity index (χ3v) is 3.64. The van der Waals surface area contributed by atoms with Crippen LogP contribution in [0.4, 0.5) is 5.69 Å². The van der Waals surface area contributed by atoms with Crippen molar-refractivity contribution in [2.24, 2.45) is 0 Å². The number of carbonyl (C=O) groups is 1. The molecule has 0 aliphatic heterocycles. The van der Waals surface area contributed by atoms with Gasteiger partial charge in [0.2, 0.25) is 5.91 Å². The minimum absolute atomic E-state index is 0.0125. The molecular formula is C12H9Br2N5O. The molecule has 0 fully saturated rings. The number of benzene rings is 1. The summed E-state index contributed by atoms with van der Waals surface area (Å²) < 4.78 is 2.88. The lowest BCUT2D eigenvalue weighted by Crippen LogP contribution is -2.19. The van der Waals surface area contributed by atoms with Crippen LogP contribution < -0.4 is 5.32 Å². The number of nitrogens with zero attached hydrogens (tertiary/aromatic N) is 4. The Hall–Kier alpha value is -1.72. The third kappa shape index (κ3) is 3.43. The highest BCUT2D eigenvalue weighted by molar-refractivity contribution is 9.11. The number of aryl methyl sites for hydroxylation is 1. The average molecular weight is 399 g/mol. The van der Waals surface area contributed by atoms with Crippen LogP contribution in [0.1, 0.15) is 11.4 Å². The van der Waals surface area contributed by atoms with Crippen molar-refractivity contribution in [3.63, 3.8) is 0 Å². The number of anilines is 1. The summed E-state index contributed by atoms with van der Waals surface area (Å²) in [4.78, 5) is 15.7. The first kappa shape index (κ1) is 14.7. The summed E-state index contributed by atoms with van der Waals surface area (Å²) in [7, 11) is 0. The molecule has 2 aromatic rings. The Morgan fingerprint density at radius 2 is 2.10 bits per heavy atom. The highest BCUT2D eigenvalue weighted by atomic mass is 79.9. The summed E-state index contributed by atoms with van der Waals surface area (Å²) in [5, 5.41) is 15.2. The lowest BCUT2D eigenvalue weighted by molar-refractivity contribution is -0.116. The van der Waals surface area contributed by atoms with Gasteiger partial charge in [0.15, 0.2) is 0 Å². The molecule has 1 aromatic carbocycles. The average Bonchev–Trinajstić information content (AvgIpc) is 2.81. The highest BCUT2D eigenvalue weighted by Gasteiger charge is 2.11. The zero-order valence-corrected chi connectivity index (χ0v) is 13.6. The van der Waals surface area contributed by atoms with E-state index in [4.69, 9.17) is 5.26 Å². The van der Waals surface area contributed by atoms with Crippen LogP contribution in [0.3, 0.4) is 0 Å². The van der Waals surface area contributed by atoms with Crippen molar-refractivity contribution in [2.45, 2.75) is 13.5 Å². The van der Waals surface area contributed by atoms with Crippen molar-refractivity contribution < 1.29 is 4.79 Å². The second-order valence-electron chi connectivity index (χ2n) is 4.03. The molecule has 0 aliphatic carbocycles. The van der Waals surface area contributed by atoms with Crippen molar-refractivity contribution in [3.8, 4) is 6.07 Å². The normalized spacial score (nSPS) is 10.1. The first-order valence-corrected chi connectivity index (χ1v) is 7.13. The maximum atomic E-state index is 11.9. The number of nitriles is 1. The van der Waals surface area contributed by atoms with E-state index >= 15 is 0 Å². The molecule has 2 rings (SSSR count). The molecule has 0 unspecified atom stereocenters. The van der Waals surface area contributed by atoms with Gasteiger partial charge in [-0.15, -0.1) is 5.10 Å². The van der Waals surface area contributed by atoms with Gasteiger partial charge in [-0.1, -0.05) is 0 Å². The van der Waals surface area contributed by atoms with Crippen molar-refractivity contribution in [1.29, 1.82) is 5.26 Å². The molecule has 0 radical (unpaired) electrons. The van der Waals surface area contributed by atoms with E-state index in [-0.39, 0.29) is 18.3 Å². The Bertz CT molecular complexity index is 681. The standard InChI is InChI=1S/C12H9Br2N5O/c1-7-2-8(13)12(9(14)3-7)17-11(20)5-19-6-16-10(4-15)18-19/h2-3,6H,5H2,1H3,(H,17,20). The number of aromatic nitrogens is 3. The molecule has 0 saturated carbocycles. The van der Waals surface area contributed by atoms with Crippen LogP contribution in [0.25, 0.3) is 0 Å². The molecule has 0 spiro atoms. The number of hydrogen-bond acceptors (Lipinski definition) is 4. The van der Waals surface area contributed by atoms with E-state index in [2.05, 4.69) is 47.3 Å². The summed E-state index contributed by atoms with van der Waals surface area (Å²) >= 11 is 6.81. The maximum absolute atomic E-state index is 11.9. The monoisotopic (exact) mass is 397 g/mol. The summed E-state index contributed by atoms with van der Waals surface area (Å²) in [5.74, 6) is -0.222. The first-order chi connectivity index (χ1) is 9.49. The molecule has 0 bridgehead atoms. The quantitative estimate of drug-likeness (QED) is 0.861. The number of rotatable bonds is 3. The van der Waals surface area contributed by atoms with E-state index in [0.717, 1.165) is 14.5 Å². The van der Waals surface area contributed by atoms with Crippen LogP contribution in [0, 0.1) is 18.3 Å². The van der Waals surface area contributed by atoms with Gasteiger partial charge in [-0.2, -0.15) is 5.26 Å². The summed E-state index contributed by atoms with van der Waals surface area (Å²) in [6.45, 7) is 1.95. The summed E-state index contributed by atoms with van der Waals surface area (Å²) in [5.41, 5.74) is 1.72. The Kier molecular flexibility index (Phi) is 4.52. The summed E-state index contributed by atoms with van der Waals surface area (Å²) in [6, 6.07) is 5.62. The van der Waals surface area contributed by atoms with Crippen LogP contribution in [0.15, 0.2) is 27.4 Å². The van der Waals surface area contributed by atoms with Crippen LogP contribution in [-0.2, 0) is 11.3 Å². The fourth-order valence-corrected chi connectivity index (χ4v) is 3.18. The van der Waals surface area contributed by atoms with Crippen LogP contribution >= 0.6 is 31.9 Å². The number of amides is 1. The van der Waals surface area contributed by atoms with Crippen LogP contribution in [0.2, 0.25) is 0 Å². The number of carbonyl (C=O) groups excluding carboxylic acids is 1. The van der Waals surface area contributed by atoms with Gasteiger partial charge in [-0.25, -0.2) is 9.67 Å². The van der Waals surface area contributed by atoms with Gasteiger partial charge in [0.05, 0.1) is 5.69 Å². The second kappa shape index (κ2) is 6.15. The Morgan fingerprint density at radius 3 is 2.65 bits per heavy atom. The van der Waals surface area contributed by atoms with Gasteiger partial charge < -0.3 is 5.32 Å². The molecule has 1 N–H and O–H groups in total. The molecule has 1 heterocycles. The molecule has 8 heteroatoms. The Morgan fingerprint density at radius 1 is 1.45 bits per heavy atom. The molecule has 0 aliphatic rings. The second-order valence-corrected chi connectivity index (χ2v) is 5.74. The molecule has 0 atom stereocenters. The zero-order valence-electron chi connectivity index (χ0n) is 10.4. The number of hydrogen-bond donors (Lipinski definition) is 1. The Labute approximate surface area is 132 Å². The number of nitrogens with one attached hydrogen (secondary N) is 1. The van der Waals surface area contributed by atoms with E-state index in [9.17, 15) is 4.79 Å². The minimum atomic E-state index is -0.260. The van der Waals surface area contributed by atoms with Gasteiger partial charge in [-0.3, -0.25) is 4.79 Å². The van der Waals surface area contributed by atoms with Gasteiger partial charge in [0.25, 0.3) is 5.82 Å². The van der Waals surface area contributed by atoms with Crippen molar-refractivity contribution in [3.05, 3.63) is 38.8 Å². The van der Waals surface area contributed by atoms with Crippen LogP contribution in [-0.4, -0.2) is 20.7 Å². The lowest BCUT2D eigenvalue weighted by Gasteiger charge is -2.10. The van der Waals surface area contributed by atoms with E-state index in [1.165, 1.54) is 11.0 Å². The van der Waals surface area contributed by atoms with Gasteiger partial charge in [0, 0.05) is 8.95 Å². The molecule has 20 heavy (non-hydrogen) atoms. The van der Waals surface area contributed by atoms with Crippen molar-refractivity contribution in [2.75, 3.05) is 5.32 Å². The molecule has 1 aromatic heterocycles. The maximum Gasteiger partial charge on any atom is 0.252 e. The van der Waals surface area contributed by atoms with E-state index < -0.39 is 0 Å². The van der Waals surface area contributed by atoms with Crippen LogP contribution in [0.5, 0.6) is 0 Å². The molecule has 0 saturated heterocycles. The largest absolute Gasteiger partial charge is 0.323 e. The Balaban J connectivity index is 2.11. The smallest absolute Gasteiger partial charge is 0.252 e. The van der Waals surface area contributed by atoms with E-state index in [1.807, 2.05) is 19.1 Å². The molecule has 1 amide bonds. The molecule has 6 nitrogen and oxygen atoms in total. The van der Waals surface area contributed by atoms with Gasteiger partial charge in [-0.05, 0) is 56.5 Å². The minimum Gasteiger partial charge on any atom is -0.323 e. The predicted molar refractivity (Wildman–Crippen MR) is 79.9 cm³/mol. The third-order valence-electron chi connectivity index (χ3n) is 2.39. The zero-order chi connectivity index (χ0) is 14.7. The fraction of sp³-hybridized carbons (Fsp3) is 0.167. The lowest BCUT2D eigenvalue weighted by atomic mass is 10.2. The molecular weight excluding hydrogens is 390 g/mol. The topological polar surface area (TPSA) is 83.6 Å². The molecule has 102 valence electrons. The predicted octanol–water partition coefficient (Wildman–Crippen LogP) is 2.62. The van der Waals surface area contributed by atoms with E-state index in [1.54, 1.807) is 6.07 Å². The highest BCUT2D eigenvalue weighted by Crippen LogP contribution is 2.32. The first-order valence-electron chi connectivity index (χ1n) is 5.54. The van der Waals surface area contributed by atoms with E-state index in [0.29, 0.717) is 5.69 Å². The SMILES string of the molecule is Cc1cc(Br)c(NC(=O)Cn2cnc(C#N)n2)c(Br)c1. The van der Waals surface area contributed by atoms with Crippen molar-refractivity contribution in [1.82, 2.24) is 14.8 Å². The van der Waals surface area contributed by atoms with Crippen molar-refractivity contribution >= 4 is 43.5 Å². The fourth-order valence-electron chi connectivity index (χ4n) is 1.57. The number of halogens is 2. The summed E-state index contributed by atoms with van der Waals surface area (Å²) in [6.07, 6.45) is 1.34. The van der Waals surface area contributed by atoms with Gasteiger partial charge >= 0.3 is 0 Å².